The van der Waals surface area contributed by atoms with Crippen LogP contribution < -0.4 is 10.6 Å². The zero-order valence-electron chi connectivity index (χ0n) is 12.3. The van der Waals surface area contributed by atoms with Gasteiger partial charge >= 0.3 is 0 Å². The number of benzene rings is 1. The summed E-state index contributed by atoms with van der Waals surface area (Å²) in [6.45, 7) is -0.0429. The number of hydrogen-bond acceptors (Lipinski definition) is 4. The third kappa shape index (κ3) is 3.04. The highest BCUT2D eigenvalue weighted by Gasteiger charge is 2.46. The molecule has 2 heterocycles. The number of aliphatic hydroxyl groups is 1. The second-order valence-corrected chi connectivity index (χ2v) is 5.80. The number of aliphatic hydroxyl groups excluding tert-OH is 1. The normalized spacial score (nSPS) is 27.1. The van der Waals surface area contributed by atoms with Crippen molar-refractivity contribution in [3.8, 4) is 0 Å². The van der Waals surface area contributed by atoms with Crippen molar-refractivity contribution in [1.82, 2.24) is 15.5 Å². The molecule has 0 aromatic heterocycles. The molecule has 0 saturated carbocycles. The third-order valence-electron chi connectivity index (χ3n) is 4.27. The van der Waals surface area contributed by atoms with Crippen LogP contribution in [-0.2, 0) is 16.1 Å². The summed E-state index contributed by atoms with van der Waals surface area (Å²) < 4.78 is 26.7. The van der Waals surface area contributed by atoms with E-state index in [4.69, 9.17) is 5.11 Å². The van der Waals surface area contributed by atoms with Crippen molar-refractivity contribution in [2.45, 2.75) is 31.1 Å². The number of amides is 2. The maximum absolute atomic E-state index is 13.6. The van der Waals surface area contributed by atoms with E-state index in [1.807, 2.05) is 0 Å². The van der Waals surface area contributed by atoms with Gasteiger partial charge in [-0.2, -0.15) is 0 Å². The van der Waals surface area contributed by atoms with Gasteiger partial charge < -0.3 is 20.6 Å². The highest BCUT2D eigenvalue weighted by Crippen LogP contribution is 2.23. The molecule has 1 aromatic rings. The summed E-state index contributed by atoms with van der Waals surface area (Å²) >= 11 is 0. The van der Waals surface area contributed by atoms with Gasteiger partial charge in [0.05, 0.1) is 6.61 Å². The van der Waals surface area contributed by atoms with Crippen molar-refractivity contribution < 1.29 is 23.5 Å². The lowest BCUT2D eigenvalue weighted by Gasteiger charge is -2.33. The molecule has 0 spiro atoms. The molecule has 0 unspecified atom stereocenters. The number of nitrogens with one attached hydrogen (secondary N) is 2. The molecule has 3 N–H and O–H groups in total. The van der Waals surface area contributed by atoms with Crippen LogP contribution >= 0.6 is 0 Å². The van der Waals surface area contributed by atoms with Crippen LogP contribution in [0.1, 0.15) is 12.0 Å². The predicted molar refractivity (Wildman–Crippen MR) is 76.1 cm³/mol. The SMILES string of the molecule is O=C1N[C@@H](CO)C(=O)N2C[C@@H](NCc3cc(F)ccc3F)C[C@@H]12. The summed E-state index contributed by atoms with van der Waals surface area (Å²) in [5, 5.41) is 14.7. The van der Waals surface area contributed by atoms with Crippen LogP contribution in [0.4, 0.5) is 8.78 Å². The molecule has 8 heteroatoms. The third-order valence-corrected chi connectivity index (χ3v) is 4.27. The van der Waals surface area contributed by atoms with E-state index in [2.05, 4.69) is 10.6 Å². The van der Waals surface area contributed by atoms with Gasteiger partial charge in [-0.05, 0) is 24.6 Å². The Hall–Kier alpha value is -2.06. The predicted octanol–water partition coefficient (Wildman–Crippen LogP) is -0.485. The lowest BCUT2D eigenvalue weighted by molar-refractivity contribution is -0.148. The van der Waals surface area contributed by atoms with Crippen LogP contribution in [0.3, 0.4) is 0 Å². The Morgan fingerprint density at radius 1 is 1.35 bits per heavy atom. The van der Waals surface area contributed by atoms with E-state index in [0.717, 1.165) is 18.2 Å². The Bertz CT molecular complexity index is 640. The number of hydrogen-bond donors (Lipinski definition) is 3. The van der Waals surface area contributed by atoms with Gasteiger partial charge in [-0.1, -0.05) is 0 Å². The Balaban J connectivity index is 1.64. The fourth-order valence-electron chi connectivity index (χ4n) is 3.06. The summed E-state index contributed by atoms with van der Waals surface area (Å²) in [7, 11) is 0. The van der Waals surface area contributed by atoms with E-state index in [1.165, 1.54) is 4.90 Å². The van der Waals surface area contributed by atoms with Gasteiger partial charge in [-0.3, -0.25) is 9.59 Å². The molecule has 3 rings (SSSR count). The second-order valence-electron chi connectivity index (χ2n) is 5.80. The molecule has 2 saturated heterocycles. The first-order valence-electron chi connectivity index (χ1n) is 7.38. The fourth-order valence-corrected chi connectivity index (χ4v) is 3.06. The molecule has 23 heavy (non-hydrogen) atoms. The molecule has 124 valence electrons. The van der Waals surface area contributed by atoms with Crippen molar-refractivity contribution in [2.75, 3.05) is 13.2 Å². The number of carbonyl (C=O) groups excluding carboxylic acids is 2. The molecule has 0 aliphatic carbocycles. The van der Waals surface area contributed by atoms with Gasteiger partial charge in [0.2, 0.25) is 11.8 Å². The molecule has 2 aliphatic heterocycles. The summed E-state index contributed by atoms with van der Waals surface area (Å²) in [6, 6.07) is 1.54. The van der Waals surface area contributed by atoms with Crippen molar-refractivity contribution in [3.63, 3.8) is 0 Å². The van der Waals surface area contributed by atoms with Crippen LogP contribution in [0.25, 0.3) is 0 Å². The van der Waals surface area contributed by atoms with Crippen molar-refractivity contribution in [2.24, 2.45) is 0 Å². The maximum Gasteiger partial charge on any atom is 0.248 e. The summed E-state index contributed by atoms with van der Waals surface area (Å²) in [5.41, 5.74) is 0.193. The molecule has 3 atom stereocenters. The molecule has 2 fully saturated rings. The molecule has 6 nitrogen and oxygen atoms in total. The number of carbonyl (C=O) groups is 2. The van der Waals surface area contributed by atoms with Gasteiger partial charge in [-0.25, -0.2) is 8.78 Å². The van der Waals surface area contributed by atoms with Crippen molar-refractivity contribution >= 4 is 11.8 Å². The number of rotatable bonds is 4. The van der Waals surface area contributed by atoms with E-state index in [0.29, 0.717) is 13.0 Å². The summed E-state index contributed by atoms with van der Waals surface area (Å²) in [6.07, 6.45) is 0.395. The highest BCUT2D eigenvalue weighted by molar-refractivity contribution is 5.97. The minimum Gasteiger partial charge on any atom is -0.394 e. The number of fused-ring (bicyclic) bond motifs is 1. The zero-order chi connectivity index (χ0) is 16.6. The maximum atomic E-state index is 13.6. The average molecular weight is 325 g/mol. The lowest BCUT2D eigenvalue weighted by Crippen LogP contribution is -2.62. The van der Waals surface area contributed by atoms with Crippen LogP contribution in [0.2, 0.25) is 0 Å². The smallest absolute Gasteiger partial charge is 0.248 e. The van der Waals surface area contributed by atoms with Gasteiger partial charge in [0.1, 0.15) is 23.7 Å². The van der Waals surface area contributed by atoms with E-state index in [9.17, 15) is 18.4 Å². The molecule has 0 bridgehead atoms. The first-order valence-corrected chi connectivity index (χ1v) is 7.38. The van der Waals surface area contributed by atoms with Gasteiger partial charge in [-0.15, -0.1) is 0 Å². The van der Waals surface area contributed by atoms with Crippen LogP contribution in [-0.4, -0.2) is 53.1 Å². The Labute approximate surface area is 131 Å². The number of halogens is 2. The first kappa shape index (κ1) is 15.8. The van der Waals surface area contributed by atoms with E-state index < -0.39 is 30.3 Å². The molecular weight excluding hydrogens is 308 g/mol. The van der Waals surface area contributed by atoms with Crippen LogP contribution in [0.5, 0.6) is 0 Å². The van der Waals surface area contributed by atoms with Crippen LogP contribution in [0, 0.1) is 11.6 Å². The van der Waals surface area contributed by atoms with Gasteiger partial charge in [0.15, 0.2) is 0 Å². The monoisotopic (exact) mass is 325 g/mol. The highest BCUT2D eigenvalue weighted by atomic mass is 19.1. The molecule has 2 aliphatic rings. The summed E-state index contributed by atoms with van der Waals surface area (Å²) in [4.78, 5) is 25.5. The zero-order valence-corrected chi connectivity index (χ0v) is 12.3. The molecular formula is C15H17F2N3O3. The molecule has 1 aromatic carbocycles. The van der Waals surface area contributed by atoms with E-state index >= 15 is 0 Å². The van der Waals surface area contributed by atoms with Gasteiger partial charge in [0.25, 0.3) is 0 Å². The quantitative estimate of drug-likeness (QED) is 0.698. The van der Waals surface area contributed by atoms with E-state index in [1.54, 1.807) is 0 Å². The molecule has 0 radical (unpaired) electrons. The standard InChI is InChI=1S/C15H17F2N3O3/c16-9-1-2-11(17)8(3-9)5-18-10-4-13-14(22)19-12(7-21)15(23)20(13)6-10/h1-3,10,12-13,18,21H,4-7H2,(H,19,22)/t10-,12-,13-/m0/s1. The van der Waals surface area contributed by atoms with Gasteiger partial charge in [0, 0.05) is 24.7 Å². The minimum absolute atomic E-state index is 0.105. The number of piperazine rings is 1. The van der Waals surface area contributed by atoms with E-state index in [-0.39, 0.29) is 30.0 Å². The Morgan fingerprint density at radius 2 is 2.13 bits per heavy atom. The number of nitrogens with zero attached hydrogens (tertiary/aromatic N) is 1. The average Bonchev–Trinajstić information content (AvgIpc) is 2.97. The fraction of sp³-hybridized carbons (Fsp3) is 0.467. The lowest BCUT2D eigenvalue weighted by atomic mass is 10.1. The minimum atomic E-state index is -0.904. The topological polar surface area (TPSA) is 81.7 Å². The van der Waals surface area contributed by atoms with Crippen LogP contribution in [0.15, 0.2) is 18.2 Å². The first-order chi connectivity index (χ1) is 11.0. The largest absolute Gasteiger partial charge is 0.394 e. The Kier molecular flexibility index (Phi) is 4.27. The van der Waals surface area contributed by atoms with Crippen molar-refractivity contribution in [1.29, 1.82) is 0 Å². The molecule has 2 amide bonds. The Morgan fingerprint density at radius 3 is 2.87 bits per heavy atom. The van der Waals surface area contributed by atoms with Crippen molar-refractivity contribution in [3.05, 3.63) is 35.4 Å². The summed E-state index contributed by atoms with van der Waals surface area (Å²) in [5.74, 6) is -1.65. The second kappa shape index (κ2) is 6.21.